The molecule has 0 radical (unpaired) electrons. The summed E-state index contributed by atoms with van der Waals surface area (Å²) in [7, 11) is 0. The van der Waals surface area contributed by atoms with Gasteiger partial charge in [0.05, 0.1) is 4.47 Å². The van der Waals surface area contributed by atoms with Crippen LogP contribution >= 0.6 is 15.9 Å². The lowest BCUT2D eigenvalue weighted by atomic mass is 10.2. The van der Waals surface area contributed by atoms with E-state index in [2.05, 4.69) is 21.1 Å². The summed E-state index contributed by atoms with van der Waals surface area (Å²) in [6, 6.07) is 7.61. The van der Waals surface area contributed by atoms with Gasteiger partial charge < -0.3 is 15.7 Å². The molecule has 0 aliphatic rings. The van der Waals surface area contributed by atoms with Crippen molar-refractivity contribution in [1.29, 1.82) is 0 Å². The fourth-order valence-corrected chi connectivity index (χ4v) is 1.94. The predicted octanol–water partition coefficient (Wildman–Crippen LogP) is 3.61. The number of hydrogen-bond donors (Lipinski definition) is 2. The lowest BCUT2D eigenvalue weighted by molar-refractivity contribution is 0.318. The number of hydrogen-bond acceptors (Lipinski definition) is 3. The van der Waals surface area contributed by atoms with Crippen LogP contribution in [-0.4, -0.2) is 11.0 Å². The van der Waals surface area contributed by atoms with Crippen molar-refractivity contribution in [1.82, 2.24) is 0 Å². The molecule has 0 unspecified atom stereocenters. The van der Waals surface area contributed by atoms with Crippen molar-refractivity contribution in [3.8, 4) is 11.5 Å². The quantitative estimate of drug-likeness (QED) is 0.387. The van der Waals surface area contributed by atoms with Gasteiger partial charge in [-0.2, -0.15) is 0 Å². The Labute approximate surface area is 121 Å². The van der Waals surface area contributed by atoms with E-state index in [9.17, 15) is 8.78 Å². The van der Waals surface area contributed by atoms with Gasteiger partial charge in [-0.25, -0.2) is 8.78 Å². The van der Waals surface area contributed by atoms with E-state index in [1.807, 2.05) is 0 Å². The highest BCUT2D eigenvalue weighted by Gasteiger charge is 2.10. The van der Waals surface area contributed by atoms with Gasteiger partial charge in [-0.05, 0) is 46.3 Å². The van der Waals surface area contributed by atoms with Crippen molar-refractivity contribution >= 4 is 21.8 Å². The number of nitrogens with two attached hydrogens (primary N) is 1. The van der Waals surface area contributed by atoms with Crippen LogP contribution < -0.4 is 10.5 Å². The topological polar surface area (TPSA) is 67.8 Å². The number of nitrogens with zero attached hydrogens (tertiary/aromatic N) is 1. The Morgan fingerprint density at radius 3 is 2.45 bits per heavy atom. The Bertz CT molecular complexity index is 677. The van der Waals surface area contributed by atoms with Gasteiger partial charge in [0.1, 0.15) is 11.6 Å². The first-order valence-electron chi connectivity index (χ1n) is 5.41. The normalized spacial score (nSPS) is 11.4. The van der Waals surface area contributed by atoms with Crippen molar-refractivity contribution in [3.05, 3.63) is 58.1 Å². The Balaban J connectivity index is 2.30. The summed E-state index contributed by atoms with van der Waals surface area (Å²) in [6.45, 7) is 0. The maximum absolute atomic E-state index is 13.5. The van der Waals surface area contributed by atoms with Gasteiger partial charge in [0.15, 0.2) is 17.4 Å². The zero-order valence-corrected chi connectivity index (χ0v) is 11.6. The molecular weight excluding hydrogens is 334 g/mol. The van der Waals surface area contributed by atoms with Crippen LogP contribution in [0.4, 0.5) is 8.78 Å². The maximum Gasteiger partial charge on any atom is 0.170 e. The minimum Gasteiger partial charge on any atom is -0.453 e. The number of rotatable bonds is 3. The summed E-state index contributed by atoms with van der Waals surface area (Å²) >= 11 is 3.23. The molecule has 7 heteroatoms. The van der Waals surface area contributed by atoms with Crippen LogP contribution in [0.5, 0.6) is 11.5 Å². The molecule has 20 heavy (non-hydrogen) atoms. The monoisotopic (exact) mass is 342 g/mol. The minimum atomic E-state index is -0.808. The lowest BCUT2D eigenvalue weighted by Gasteiger charge is -2.09. The smallest absolute Gasteiger partial charge is 0.170 e. The molecule has 0 aromatic heterocycles. The van der Waals surface area contributed by atoms with Crippen LogP contribution in [0.3, 0.4) is 0 Å². The van der Waals surface area contributed by atoms with Gasteiger partial charge in [-0.1, -0.05) is 5.16 Å². The van der Waals surface area contributed by atoms with Gasteiger partial charge in [0, 0.05) is 11.6 Å². The van der Waals surface area contributed by atoms with E-state index in [4.69, 9.17) is 15.7 Å². The van der Waals surface area contributed by atoms with Crippen molar-refractivity contribution in [3.63, 3.8) is 0 Å². The van der Waals surface area contributed by atoms with Gasteiger partial charge in [-0.15, -0.1) is 0 Å². The lowest BCUT2D eigenvalue weighted by Crippen LogP contribution is -2.12. The van der Waals surface area contributed by atoms with Crippen molar-refractivity contribution in [2.75, 3.05) is 0 Å². The Morgan fingerprint density at radius 2 is 1.85 bits per heavy atom. The highest BCUT2D eigenvalue weighted by Crippen LogP contribution is 2.31. The molecule has 0 atom stereocenters. The summed E-state index contributed by atoms with van der Waals surface area (Å²) in [6.07, 6.45) is 0. The standard InChI is InChI=1S/C13H9BrF2N2O2/c14-9-5-7(13(17)18-19)1-3-11(9)20-12-4-2-8(15)6-10(12)16/h1-6,19H,(H2,17,18). The molecule has 0 aliphatic heterocycles. The Morgan fingerprint density at radius 1 is 1.15 bits per heavy atom. The van der Waals surface area contributed by atoms with Gasteiger partial charge in [0.2, 0.25) is 0 Å². The number of amidine groups is 1. The number of oxime groups is 1. The summed E-state index contributed by atoms with van der Waals surface area (Å²) in [5, 5.41) is 11.4. The first-order valence-corrected chi connectivity index (χ1v) is 6.21. The second-order valence-corrected chi connectivity index (χ2v) is 4.66. The molecule has 2 aromatic carbocycles. The largest absolute Gasteiger partial charge is 0.453 e. The van der Waals surface area contributed by atoms with E-state index in [1.54, 1.807) is 6.07 Å². The molecule has 0 fully saturated rings. The molecule has 0 heterocycles. The number of halogens is 3. The molecular formula is C13H9BrF2N2O2. The Hall–Kier alpha value is -2.15. The molecule has 3 N–H and O–H groups in total. The van der Waals surface area contributed by atoms with Crippen molar-refractivity contribution in [2.24, 2.45) is 10.9 Å². The average Bonchev–Trinajstić information content (AvgIpc) is 2.42. The van der Waals surface area contributed by atoms with Crippen LogP contribution in [0.2, 0.25) is 0 Å². The summed E-state index contributed by atoms with van der Waals surface area (Å²) in [5.41, 5.74) is 5.91. The zero-order chi connectivity index (χ0) is 14.7. The van der Waals surface area contributed by atoms with Crippen LogP contribution in [0.15, 0.2) is 46.0 Å². The summed E-state index contributed by atoms with van der Waals surface area (Å²) < 4.78 is 32.1. The van der Waals surface area contributed by atoms with Crippen LogP contribution in [0.1, 0.15) is 5.56 Å². The molecule has 0 saturated carbocycles. The molecule has 0 amide bonds. The third-order valence-electron chi connectivity index (χ3n) is 2.45. The zero-order valence-electron chi connectivity index (χ0n) is 9.98. The van der Waals surface area contributed by atoms with E-state index < -0.39 is 11.6 Å². The third kappa shape index (κ3) is 3.05. The van der Waals surface area contributed by atoms with E-state index in [0.29, 0.717) is 15.8 Å². The minimum absolute atomic E-state index is 0.0646. The first kappa shape index (κ1) is 14.3. The molecule has 2 aromatic rings. The molecule has 0 saturated heterocycles. The van der Waals surface area contributed by atoms with Gasteiger partial charge in [-0.3, -0.25) is 0 Å². The molecule has 2 rings (SSSR count). The van der Waals surface area contributed by atoms with E-state index in [1.165, 1.54) is 18.2 Å². The number of benzene rings is 2. The molecule has 0 spiro atoms. The third-order valence-corrected chi connectivity index (χ3v) is 3.07. The van der Waals surface area contributed by atoms with Crippen LogP contribution in [-0.2, 0) is 0 Å². The Kier molecular flexibility index (Phi) is 4.19. The second kappa shape index (κ2) is 5.87. The summed E-state index contributed by atoms with van der Waals surface area (Å²) in [5.74, 6) is -1.35. The SMILES string of the molecule is N/C(=N/O)c1ccc(Oc2ccc(F)cc2F)c(Br)c1. The van der Waals surface area contributed by atoms with E-state index in [-0.39, 0.29) is 11.6 Å². The number of ether oxygens (including phenoxy) is 1. The fourth-order valence-electron chi connectivity index (χ4n) is 1.48. The first-order chi connectivity index (χ1) is 9.51. The van der Waals surface area contributed by atoms with E-state index >= 15 is 0 Å². The second-order valence-electron chi connectivity index (χ2n) is 3.81. The molecule has 0 bridgehead atoms. The maximum atomic E-state index is 13.5. The predicted molar refractivity (Wildman–Crippen MR) is 73.1 cm³/mol. The van der Waals surface area contributed by atoms with Gasteiger partial charge in [0.25, 0.3) is 0 Å². The van der Waals surface area contributed by atoms with Crippen LogP contribution in [0.25, 0.3) is 0 Å². The highest BCUT2D eigenvalue weighted by atomic mass is 79.9. The molecule has 4 nitrogen and oxygen atoms in total. The average molecular weight is 343 g/mol. The van der Waals surface area contributed by atoms with Crippen LogP contribution in [0, 0.1) is 11.6 Å². The molecule has 0 aliphatic carbocycles. The van der Waals surface area contributed by atoms with Gasteiger partial charge >= 0.3 is 0 Å². The molecule has 104 valence electrons. The van der Waals surface area contributed by atoms with E-state index in [0.717, 1.165) is 12.1 Å². The van der Waals surface area contributed by atoms with Crippen molar-refractivity contribution in [2.45, 2.75) is 0 Å². The summed E-state index contributed by atoms with van der Waals surface area (Å²) in [4.78, 5) is 0. The van der Waals surface area contributed by atoms with Crippen molar-refractivity contribution < 1.29 is 18.7 Å². The fraction of sp³-hybridized carbons (Fsp3) is 0. The highest BCUT2D eigenvalue weighted by molar-refractivity contribution is 9.10.